The molecule has 0 spiro atoms. The summed E-state index contributed by atoms with van der Waals surface area (Å²) in [6.07, 6.45) is 0. The van der Waals surface area contributed by atoms with Crippen LogP contribution in [0.25, 0.3) is 10.8 Å². The molecule has 3 aromatic rings. The number of carbonyl (C=O) groups excluding carboxylic acids is 1. The molecular weight excluding hydrogens is 388 g/mol. The summed E-state index contributed by atoms with van der Waals surface area (Å²) in [6, 6.07) is 10.3. The van der Waals surface area contributed by atoms with Gasteiger partial charge in [0, 0.05) is 28.0 Å². The van der Waals surface area contributed by atoms with Crippen LogP contribution in [0.4, 0.5) is 11.4 Å². The Hall–Kier alpha value is -3.50. The van der Waals surface area contributed by atoms with Crippen LogP contribution in [0.15, 0.2) is 53.4 Å². The molecule has 3 aromatic carbocycles. The zero-order chi connectivity index (χ0) is 20.6. The van der Waals surface area contributed by atoms with Gasteiger partial charge in [-0.3, -0.25) is 19.5 Å². The Balaban J connectivity index is 2.13. The summed E-state index contributed by atoms with van der Waals surface area (Å²) in [7, 11) is -4.64. The van der Waals surface area contributed by atoms with Crippen molar-refractivity contribution in [3.63, 3.8) is 0 Å². The maximum absolute atomic E-state index is 12.6. The van der Waals surface area contributed by atoms with Gasteiger partial charge in [-0.15, -0.1) is 0 Å². The number of aryl methyl sites for hydroxylation is 1. The van der Waals surface area contributed by atoms with Gasteiger partial charge in [0.25, 0.3) is 21.7 Å². The maximum atomic E-state index is 12.6. The van der Waals surface area contributed by atoms with E-state index in [1.54, 1.807) is 0 Å². The lowest BCUT2D eigenvalue weighted by atomic mass is 10.1. The second-order valence-corrected chi connectivity index (χ2v) is 7.39. The number of rotatable bonds is 4. The topological polar surface area (TPSA) is 147 Å². The largest absolute Gasteiger partial charge is 0.507 e. The van der Waals surface area contributed by atoms with Crippen molar-refractivity contribution in [2.24, 2.45) is 0 Å². The second-order valence-electron chi connectivity index (χ2n) is 6.00. The maximum Gasteiger partial charge on any atom is 0.295 e. The summed E-state index contributed by atoms with van der Waals surface area (Å²) in [5.74, 6) is -0.968. The fourth-order valence-corrected chi connectivity index (χ4v) is 3.54. The molecule has 9 nitrogen and oxygen atoms in total. The van der Waals surface area contributed by atoms with Gasteiger partial charge in [-0.25, -0.2) is 0 Å². The van der Waals surface area contributed by atoms with E-state index in [1.807, 2.05) is 0 Å². The van der Waals surface area contributed by atoms with E-state index in [0.717, 1.165) is 18.2 Å². The highest BCUT2D eigenvalue weighted by Gasteiger charge is 2.21. The molecule has 0 aliphatic rings. The molecule has 144 valence electrons. The first-order chi connectivity index (χ1) is 13.1. The summed E-state index contributed by atoms with van der Waals surface area (Å²) in [5, 5.41) is 23.6. The Morgan fingerprint density at radius 3 is 2.50 bits per heavy atom. The van der Waals surface area contributed by atoms with Gasteiger partial charge >= 0.3 is 0 Å². The third-order valence-electron chi connectivity index (χ3n) is 4.17. The van der Waals surface area contributed by atoms with Crippen molar-refractivity contribution in [3.8, 4) is 5.75 Å². The van der Waals surface area contributed by atoms with Crippen LogP contribution in [0.1, 0.15) is 15.9 Å². The molecule has 3 rings (SSSR count). The molecule has 0 fully saturated rings. The number of amides is 1. The van der Waals surface area contributed by atoms with E-state index in [-0.39, 0.29) is 33.5 Å². The van der Waals surface area contributed by atoms with Crippen LogP contribution in [0.3, 0.4) is 0 Å². The average Bonchev–Trinajstić information content (AvgIpc) is 2.61. The summed E-state index contributed by atoms with van der Waals surface area (Å²) in [5.41, 5.74) is 0.143. The number of phenols is 1. The van der Waals surface area contributed by atoms with Crippen LogP contribution < -0.4 is 5.32 Å². The standard InChI is InChI=1S/C18H14N2O7S/c1-10-5-6-11(9-14(10)20(23)24)18(22)19-13-4-2-3-12-15(21)7-8-16(17(12)13)28(25,26)27/h2-9,21H,1H3,(H,19,22)(H,25,26,27). The average molecular weight is 402 g/mol. The van der Waals surface area contributed by atoms with Gasteiger partial charge in [-0.2, -0.15) is 8.42 Å². The summed E-state index contributed by atoms with van der Waals surface area (Å²) in [4.78, 5) is 22.5. The summed E-state index contributed by atoms with van der Waals surface area (Å²) in [6.45, 7) is 1.53. The molecule has 3 N–H and O–H groups in total. The predicted molar refractivity (Wildman–Crippen MR) is 101 cm³/mol. The number of hydrogen-bond donors (Lipinski definition) is 3. The molecule has 10 heteroatoms. The van der Waals surface area contributed by atoms with E-state index in [9.17, 15) is 33.0 Å². The van der Waals surface area contributed by atoms with Crippen molar-refractivity contribution < 1.29 is 27.8 Å². The number of fused-ring (bicyclic) bond motifs is 1. The predicted octanol–water partition coefficient (Wildman–Crippen LogP) is 3.26. The minimum Gasteiger partial charge on any atom is -0.507 e. The number of benzene rings is 3. The third kappa shape index (κ3) is 3.50. The quantitative estimate of drug-likeness (QED) is 0.345. The molecule has 0 aromatic heterocycles. The van der Waals surface area contributed by atoms with Gasteiger partial charge in [0.05, 0.1) is 10.6 Å². The van der Waals surface area contributed by atoms with Crippen LogP contribution in [0, 0.1) is 17.0 Å². The molecule has 0 saturated carbocycles. The molecule has 0 saturated heterocycles. The molecule has 0 aliphatic carbocycles. The lowest BCUT2D eigenvalue weighted by Crippen LogP contribution is -2.13. The molecule has 0 bridgehead atoms. The highest BCUT2D eigenvalue weighted by Crippen LogP contribution is 2.35. The highest BCUT2D eigenvalue weighted by molar-refractivity contribution is 7.86. The molecule has 0 aliphatic heterocycles. The summed E-state index contributed by atoms with van der Waals surface area (Å²) >= 11 is 0. The monoisotopic (exact) mass is 402 g/mol. The molecule has 0 unspecified atom stereocenters. The van der Waals surface area contributed by atoms with Gasteiger partial charge in [0.1, 0.15) is 10.6 Å². The molecule has 0 heterocycles. The van der Waals surface area contributed by atoms with E-state index in [0.29, 0.717) is 5.56 Å². The van der Waals surface area contributed by atoms with Crippen LogP contribution >= 0.6 is 0 Å². The van der Waals surface area contributed by atoms with Gasteiger partial charge in [-0.1, -0.05) is 18.2 Å². The number of phenolic OH excluding ortho intramolecular Hbond substituents is 1. The van der Waals surface area contributed by atoms with Crippen molar-refractivity contribution in [2.45, 2.75) is 11.8 Å². The number of nitrogens with one attached hydrogen (secondary N) is 1. The van der Waals surface area contributed by atoms with E-state index in [4.69, 9.17) is 0 Å². The van der Waals surface area contributed by atoms with Crippen molar-refractivity contribution in [1.29, 1.82) is 0 Å². The van der Waals surface area contributed by atoms with E-state index in [2.05, 4.69) is 5.32 Å². The minimum absolute atomic E-state index is 0.00857. The number of aromatic hydroxyl groups is 1. The Morgan fingerprint density at radius 1 is 1.14 bits per heavy atom. The zero-order valence-electron chi connectivity index (χ0n) is 14.4. The normalized spacial score (nSPS) is 11.4. The van der Waals surface area contributed by atoms with Crippen molar-refractivity contribution in [3.05, 3.63) is 69.8 Å². The van der Waals surface area contributed by atoms with E-state index >= 15 is 0 Å². The van der Waals surface area contributed by atoms with Gasteiger partial charge in [0.15, 0.2) is 0 Å². The Kier molecular flexibility index (Phi) is 4.75. The highest BCUT2D eigenvalue weighted by atomic mass is 32.2. The molecule has 0 atom stereocenters. The fourth-order valence-electron chi connectivity index (χ4n) is 2.82. The zero-order valence-corrected chi connectivity index (χ0v) is 15.2. The van der Waals surface area contributed by atoms with Gasteiger partial charge in [0.2, 0.25) is 0 Å². The van der Waals surface area contributed by atoms with Crippen molar-refractivity contribution in [2.75, 3.05) is 5.32 Å². The van der Waals surface area contributed by atoms with Crippen LogP contribution in [0.5, 0.6) is 5.75 Å². The van der Waals surface area contributed by atoms with Crippen molar-refractivity contribution in [1.82, 2.24) is 0 Å². The van der Waals surface area contributed by atoms with E-state index in [1.165, 1.54) is 37.3 Å². The number of carbonyl (C=O) groups is 1. The first-order valence-electron chi connectivity index (χ1n) is 7.88. The number of anilines is 1. The number of hydrogen-bond acceptors (Lipinski definition) is 6. The van der Waals surface area contributed by atoms with Crippen LogP contribution in [-0.2, 0) is 10.1 Å². The Bertz CT molecular complexity index is 1240. The van der Waals surface area contributed by atoms with Crippen molar-refractivity contribution >= 4 is 38.2 Å². The first-order valence-corrected chi connectivity index (χ1v) is 9.32. The smallest absolute Gasteiger partial charge is 0.295 e. The number of nitro benzene ring substituents is 1. The third-order valence-corrected chi connectivity index (χ3v) is 5.07. The molecular formula is C18H14N2O7S. The number of nitro groups is 1. The van der Waals surface area contributed by atoms with Crippen LogP contribution in [0.2, 0.25) is 0 Å². The summed E-state index contributed by atoms with van der Waals surface area (Å²) < 4.78 is 32.9. The molecule has 0 radical (unpaired) electrons. The first kappa shape index (κ1) is 19.3. The molecule has 1 amide bonds. The minimum atomic E-state index is -4.64. The van der Waals surface area contributed by atoms with E-state index < -0.39 is 25.8 Å². The lowest BCUT2D eigenvalue weighted by molar-refractivity contribution is -0.385. The fraction of sp³-hybridized carbons (Fsp3) is 0.0556. The van der Waals surface area contributed by atoms with Gasteiger partial charge < -0.3 is 10.4 Å². The number of nitrogens with zero attached hydrogens (tertiary/aromatic N) is 1. The van der Waals surface area contributed by atoms with Crippen LogP contribution in [-0.4, -0.2) is 28.9 Å². The van der Waals surface area contributed by atoms with Gasteiger partial charge in [-0.05, 0) is 31.2 Å². The Labute approximate surface area is 159 Å². The lowest BCUT2D eigenvalue weighted by Gasteiger charge is -2.12. The molecule has 28 heavy (non-hydrogen) atoms. The Morgan fingerprint density at radius 2 is 1.86 bits per heavy atom. The SMILES string of the molecule is Cc1ccc(C(=O)Nc2cccc3c(O)ccc(S(=O)(=O)O)c23)cc1[N+](=O)[O-]. The second kappa shape index (κ2) is 6.91.